The van der Waals surface area contributed by atoms with E-state index in [1.54, 1.807) is 25.5 Å². The van der Waals surface area contributed by atoms with E-state index in [1.807, 2.05) is 74.5 Å². The molecule has 0 saturated carbocycles. The molecule has 4 aromatic carbocycles. The van der Waals surface area contributed by atoms with E-state index in [0.29, 0.717) is 56.5 Å². The molecular weight excluding hydrogens is 642 g/mol. The molecule has 0 spiro atoms. The molecular formula is C35H33BrClN3O4. The fourth-order valence-corrected chi connectivity index (χ4v) is 5.57. The minimum Gasteiger partial charge on any atom is -0.496 e. The van der Waals surface area contributed by atoms with Crippen LogP contribution < -0.4 is 19.8 Å². The van der Waals surface area contributed by atoms with Crippen molar-refractivity contribution in [2.45, 2.75) is 40.2 Å². The molecule has 0 bridgehead atoms. The Hall–Kier alpha value is -4.14. The predicted octanol–water partition coefficient (Wildman–Crippen LogP) is 8.78. The zero-order chi connectivity index (χ0) is 31.4. The van der Waals surface area contributed by atoms with Crippen LogP contribution in [0.2, 0.25) is 5.02 Å². The molecule has 1 aromatic heterocycles. The summed E-state index contributed by atoms with van der Waals surface area (Å²) in [6, 6.07) is 22.9. The predicted molar refractivity (Wildman–Crippen MR) is 181 cm³/mol. The third-order valence-corrected chi connectivity index (χ3v) is 8.63. The molecule has 9 heteroatoms. The Morgan fingerprint density at radius 2 is 1.75 bits per heavy atom. The monoisotopic (exact) mass is 673 g/mol. The van der Waals surface area contributed by atoms with Crippen LogP contribution >= 0.6 is 27.5 Å². The second-order valence-electron chi connectivity index (χ2n) is 10.5. The number of halogens is 2. The van der Waals surface area contributed by atoms with Gasteiger partial charge >= 0.3 is 0 Å². The lowest BCUT2D eigenvalue weighted by Crippen LogP contribution is -2.21. The molecule has 0 saturated heterocycles. The number of hydrogen-bond donors (Lipinski definition) is 0. The van der Waals surface area contributed by atoms with Crippen LogP contribution in [0.1, 0.15) is 48.9 Å². The van der Waals surface area contributed by atoms with Gasteiger partial charge in [-0.1, -0.05) is 67.9 Å². The van der Waals surface area contributed by atoms with Crippen molar-refractivity contribution in [2.24, 2.45) is 5.10 Å². The standard InChI is InChI=1S/C35H33BrClN3O4/c1-6-43-30-17-24(31(36)32(37)33(30)44-20-23-12-8-7-9-13-23)19-38-40-34(39-28-15-11-10-14-25(28)35(40)41)27-18-26(21(2)3)29(42-5)16-22(27)4/h7-19,21H,6,20H2,1-5H3. The van der Waals surface area contributed by atoms with Crippen molar-refractivity contribution >= 4 is 44.6 Å². The van der Waals surface area contributed by atoms with Crippen LogP contribution in [0, 0.1) is 6.92 Å². The number of rotatable bonds is 10. The maximum atomic E-state index is 13.9. The number of aryl methyl sites for hydroxylation is 1. The summed E-state index contributed by atoms with van der Waals surface area (Å²) in [5, 5.41) is 5.48. The Morgan fingerprint density at radius 1 is 1.02 bits per heavy atom. The number of benzene rings is 4. The van der Waals surface area contributed by atoms with Crippen LogP contribution in [0.5, 0.6) is 17.2 Å². The fourth-order valence-electron chi connectivity index (χ4n) is 4.92. The summed E-state index contributed by atoms with van der Waals surface area (Å²) in [5.41, 5.74) is 4.59. The van der Waals surface area contributed by atoms with Crippen molar-refractivity contribution in [1.82, 2.24) is 9.66 Å². The molecule has 0 N–H and O–H groups in total. The van der Waals surface area contributed by atoms with Gasteiger partial charge in [0, 0.05) is 15.6 Å². The van der Waals surface area contributed by atoms with Crippen molar-refractivity contribution in [3.8, 4) is 28.6 Å². The fraction of sp³-hybridized carbons (Fsp3) is 0.229. The molecule has 0 aliphatic rings. The highest BCUT2D eigenvalue weighted by Gasteiger charge is 2.20. The van der Waals surface area contributed by atoms with Gasteiger partial charge < -0.3 is 14.2 Å². The van der Waals surface area contributed by atoms with Gasteiger partial charge in [-0.05, 0) is 82.7 Å². The third-order valence-electron chi connectivity index (χ3n) is 7.19. The maximum Gasteiger partial charge on any atom is 0.282 e. The smallest absolute Gasteiger partial charge is 0.282 e. The van der Waals surface area contributed by atoms with Crippen LogP contribution in [0.25, 0.3) is 22.3 Å². The topological polar surface area (TPSA) is 74.9 Å². The van der Waals surface area contributed by atoms with Gasteiger partial charge in [0.15, 0.2) is 17.3 Å². The molecule has 0 fully saturated rings. The number of methoxy groups -OCH3 is 1. The Bertz CT molecular complexity index is 1910. The first kappa shape index (κ1) is 31.3. The number of para-hydroxylation sites is 1. The number of ether oxygens (including phenoxy) is 3. The average Bonchev–Trinajstić information content (AvgIpc) is 3.02. The van der Waals surface area contributed by atoms with Gasteiger partial charge in [-0.25, -0.2) is 4.98 Å². The summed E-state index contributed by atoms with van der Waals surface area (Å²) in [7, 11) is 1.66. The maximum absolute atomic E-state index is 13.9. The summed E-state index contributed by atoms with van der Waals surface area (Å²) >= 11 is 10.4. The minimum absolute atomic E-state index is 0.186. The second kappa shape index (κ2) is 13.7. The normalized spacial score (nSPS) is 11.5. The van der Waals surface area contributed by atoms with Crippen LogP contribution in [0.4, 0.5) is 0 Å². The SMILES string of the molecule is CCOc1cc(C=Nn2c(-c3cc(C(C)C)c(OC)cc3C)nc3ccccc3c2=O)c(Br)c(Cl)c1OCc1ccccc1. The molecule has 44 heavy (non-hydrogen) atoms. The van der Waals surface area contributed by atoms with Gasteiger partial charge in [0.05, 0.1) is 30.8 Å². The molecule has 0 aliphatic carbocycles. The first-order valence-electron chi connectivity index (χ1n) is 14.3. The zero-order valence-electron chi connectivity index (χ0n) is 25.2. The molecule has 7 nitrogen and oxygen atoms in total. The van der Waals surface area contributed by atoms with E-state index in [2.05, 4.69) is 34.9 Å². The molecule has 0 amide bonds. The van der Waals surface area contributed by atoms with Crippen molar-refractivity contribution in [2.75, 3.05) is 13.7 Å². The molecule has 226 valence electrons. The molecule has 5 aromatic rings. The van der Waals surface area contributed by atoms with Gasteiger partial charge in [0.1, 0.15) is 17.4 Å². The summed E-state index contributed by atoms with van der Waals surface area (Å²) in [4.78, 5) is 18.8. The largest absolute Gasteiger partial charge is 0.496 e. The van der Waals surface area contributed by atoms with Crippen LogP contribution in [-0.4, -0.2) is 29.6 Å². The van der Waals surface area contributed by atoms with E-state index in [1.165, 1.54) is 4.68 Å². The van der Waals surface area contributed by atoms with Crippen LogP contribution in [-0.2, 0) is 6.61 Å². The second-order valence-corrected chi connectivity index (χ2v) is 11.7. The lowest BCUT2D eigenvalue weighted by molar-refractivity contribution is 0.269. The van der Waals surface area contributed by atoms with Crippen molar-refractivity contribution in [3.63, 3.8) is 0 Å². The summed E-state index contributed by atoms with van der Waals surface area (Å²) < 4.78 is 19.6. The molecule has 1 heterocycles. The lowest BCUT2D eigenvalue weighted by atomic mass is 9.96. The van der Waals surface area contributed by atoms with Crippen molar-refractivity contribution in [1.29, 1.82) is 0 Å². The van der Waals surface area contributed by atoms with Gasteiger partial charge in [0.25, 0.3) is 5.56 Å². The van der Waals surface area contributed by atoms with Gasteiger partial charge in [-0.15, -0.1) is 0 Å². The molecule has 0 radical (unpaired) electrons. The first-order chi connectivity index (χ1) is 21.2. The van der Waals surface area contributed by atoms with Gasteiger partial charge in [-0.3, -0.25) is 4.79 Å². The van der Waals surface area contributed by atoms with E-state index in [9.17, 15) is 4.79 Å². The van der Waals surface area contributed by atoms with E-state index >= 15 is 0 Å². The zero-order valence-corrected chi connectivity index (χ0v) is 27.6. The summed E-state index contributed by atoms with van der Waals surface area (Å²) in [5.74, 6) is 2.28. The number of aromatic nitrogens is 2. The molecule has 0 unspecified atom stereocenters. The lowest BCUT2D eigenvalue weighted by Gasteiger charge is -2.18. The Labute approximate surface area is 270 Å². The minimum atomic E-state index is -0.293. The van der Waals surface area contributed by atoms with Crippen molar-refractivity contribution < 1.29 is 14.2 Å². The quantitative estimate of drug-likeness (QED) is 0.139. The number of fused-ring (bicyclic) bond motifs is 1. The average molecular weight is 675 g/mol. The highest BCUT2D eigenvalue weighted by Crippen LogP contribution is 2.43. The van der Waals surface area contributed by atoms with E-state index in [0.717, 1.165) is 28.0 Å². The van der Waals surface area contributed by atoms with Gasteiger partial charge in [-0.2, -0.15) is 9.78 Å². The number of nitrogens with zero attached hydrogens (tertiary/aromatic N) is 3. The van der Waals surface area contributed by atoms with Crippen molar-refractivity contribution in [3.05, 3.63) is 115 Å². The molecule has 0 atom stereocenters. The van der Waals surface area contributed by atoms with Crippen LogP contribution in [0.15, 0.2) is 87.2 Å². The molecule has 5 rings (SSSR count). The number of hydrogen-bond acceptors (Lipinski definition) is 6. The van der Waals surface area contributed by atoms with E-state index in [-0.39, 0.29) is 11.5 Å². The Kier molecular flexibility index (Phi) is 9.71. The highest BCUT2D eigenvalue weighted by atomic mass is 79.9. The summed E-state index contributed by atoms with van der Waals surface area (Å²) in [6.45, 7) is 8.78. The summed E-state index contributed by atoms with van der Waals surface area (Å²) in [6.07, 6.45) is 1.57. The Balaban J connectivity index is 1.64. The third kappa shape index (κ3) is 6.37. The van der Waals surface area contributed by atoms with Gasteiger partial charge in [0.2, 0.25) is 0 Å². The van der Waals surface area contributed by atoms with E-state index in [4.69, 9.17) is 30.8 Å². The molecule has 0 aliphatic heterocycles. The highest BCUT2D eigenvalue weighted by molar-refractivity contribution is 9.10. The van der Waals surface area contributed by atoms with E-state index < -0.39 is 0 Å². The van der Waals surface area contributed by atoms with Crippen LogP contribution in [0.3, 0.4) is 0 Å². The Morgan fingerprint density at radius 3 is 2.45 bits per heavy atom. The first-order valence-corrected chi connectivity index (χ1v) is 15.5.